The topological polar surface area (TPSA) is 67.4 Å². The van der Waals surface area contributed by atoms with E-state index in [-0.39, 0.29) is 24.6 Å². The van der Waals surface area contributed by atoms with Crippen molar-refractivity contribution in [2.24, 2.45) is 0 Å². The van der Waals surface area contributed by atoms with Gasteiger partial charge in [-0.3, -0.25) is 4.79 Å². The van der Waals surface area contributed by atoms with E-state index < -0.39 is 23.2 Å². The zero-order chi connectivity index (χ0) is 15.8. The second-order valence-electron chi connectivity index (χ2n) is 4.31. The van der Waals surface area contributed by atoms with Gasteiger partial charge in [0, 0.05) is 19.5 Å². The largest absolute Gasteiger partial charge is 0.465 e. The van der Waals surface area contributed by atoms with E-state index in [4.69, 9.17) is 0 Å². The van der Waals surface area contributed by atoms with E-state index in [1.165, 1.54) is 6.07 Å². The SMILES string of the molecule is CCCNC(=O)CCNc1ccc(C(=O)OC)c(F)c1F. The van der Waals surface area contributed by atoms with Crippen molar-refractivity contribution in [3.63, 3.8) is 0 Å². The highest BCUT2D eigenvalue weighted by atomic mass is 19.2. The standard InChI is InChI=1S/C14H18F2N2O3/c1-3-7-18-11(19)6-8-17-10-5-4-9(14(20)21-2)12(15)13(10)16/h4-5,17H,3,6-8H2,1-2H3,(H,18,19). The molecular weight excluding hydrogens is 282 g/mol. The summed E-state index contributed by atoms with van der Waals surface area (Å²) in [7, 11) is 1.08. The number of carbonyl (C=O) groups excluding carboxylic acids is 2. The number of nitrogens with one attached hydrogen (secondary N) is 2. The van der Waals surface area contributed by atoms with Crippen LogP contribution in [0.5, 0.6) is 0 Å². The molecule has 1 aromatic rings. The third-order valence-corrected chi connectivity index (χ3v) is 2.73. The van der Waals surface area contributed by atoms with Gasteiger partial charge < -0.3 is 15.4 Å². The first-order valence-electron chi connectivity index (χ1n) is 6.58. The van der Waals surface area contributed by atoms with E-state index in [0.717, 1.165) is 19.6 Å². The molecule has 1 amide bonds. The predicted molar refractivity (Wildman–Crippen MR) is 74.1 cm³/mol. The van der Waals surface area contributed by atoms with Gasteiger partial charge in [-0.25, -0.2) is 13.6 Å². The molecule has 1 rings (SSSR count). The zero-order valence-electron chi connectivity index (χ0n) is 12.0. The van der Waals surface area contributed by atoms with Gasteiger partial charge in [0.2, 0.25) is 5.91 Å². The summed E-state index contributed by atoms with van der Waals surface area (Å²) >= 11 is 0. The predicted octanol–water partition coefficient (Wildman–Crippen LogP) is 2.08. The smallest absolute Gasteiger partial charge is 0.340 e. The van der Waals surface area contributed by atoms with E-state index in [9.17, 15) is 18.4 Å². The molecule has 21 heavy (non-hydrogen) atoms. The van der Waals surface area contributed by atoms with Gasteiger partial charge in [-0.1, -0.05) is 6.92 Å². The summed E-state index contributed by atoms with van der Waals surface area (Å²) in [6.07, 6.45) is 0.966. The van der Waals surface area contributed by atoms with Crippen molar-refractivity contribution in [1.29, 1.82) is 0 Å². The van der Waals surface area contributed by atoms with E-state index in [2.05, 4.69) is 15.4 Å². The van der Waals surface area contributed by atoms with Crippen LogP contribution >= 0.6 is 0 Å². The molecule has 0 radical (unpaired) electrons. The summed E-state index contributed by atoms with van der Waals surface area (Å²) in [6.45, 7) is 2.67. The van der Waals surface area contributed by atoms with Gasteiger partial charge in [-0.15, -0.1) is 0 Å². The lowest BCUT2D eigenvalue weighted by atomic mass is 10.1. The van der Waals surface area contributed by atoms with E-state index in [1.807, 2.05) is 6.92 Å². The maximum absolute atomic E-state index is 13.7. The number of amides is 1. The number of hydrogen-bond donors (Lipinski definition) is 2. The molecular formula is C14H18F2N2O3. The summed E-state index contributed by atoms with van der Waals surface area (Å²) in [4.78, 5) is 22.5. The maximum atomic E-state index is 13.7. The highest BCUT2D eigenvalue weighted by Gasteiger charge is 2.18. The quantitative estimate of drug-likeness (QED) is 0.757. The molecule has 0 atom stereocenters. The molecule has 0 aliphatic rings. The van der Waals surface area contributed by atoms with Crippen molar-refractivity contribution >= 4 is 17.6 Å². The third kappa shape index (κ3) is 4.70. The van der Waals surface area contributed by atoms with Gasteiger partial charge in [0.15, 0.2) is 11.6 Å². The molecule has 0 heterocycles. The summed E-state index contributed by atoms with van der Waals surface area (Å²) in [5.41, 5.74) is -0.579. The minimum Gasteiger partial charge on any atom is -0.465 e. The van der Waals surface area contributed by atoms with Crippen molar-refractivity contribution in [3.05, 3.63) is 29.3 Å². The number of rotatable bonds is 7. The number of carbonyl (C=O) groups is 2. The van der Waals surface area contributed by atoms with E-state index in [1.54, 1.807) is 0 Å². The van der Waals surface area contributed by atoms with Crippen LogP contribution in [0, 0.1) is 11.6 Å². The van der Waals surface area contributed by atoms with Crippen LogP contribution in [0.2, 0.25) is 0 Å². The van der Waals surface area contributed by atoms with Crippen molar-refractivity contribution in [1.82, 2.24) is 5.32 Å². The van der Waals surface area contributed by atoms with Crippen molar-refractivity contribution in [2.45, 2.75) is 19.8 Å². The van der Waals surface area contributed by atoms with Crippen LogP contribution in [0.3, 0.4) is 0 Å². The number of anilines is 1. The molecule has 2 N–H and O–H groups in total. The Kier molecular flexibility index (Phi) is 6.58. The Labute approximate surface area is 121 Å². The maximum Gasteiger partial charge on any atom is 0.340 e. The Bertz CT molecular complexity index is 521. The minimum absolute atomic E-state index is 0.108. The lowest BCUT2D eigenvalue weighted by Crippen LogP contribution is -2.26. The van der Waals surface area contributed by atoms with Gasteiger partial charge in [0.25, 0.3) is 0 Å². The molecule has 0 aliphatic carbocycles. The molecule has 0 aromatic heterocycles. The van der Waals surface area contributed by atoms with Gasteiger partial charge in [-0.2, -0.15) is 0 Å². The van der Waals surface area contributed by atoms with Crippen molar-refractivity contribution in [3.8, 4) is 0 Å². The van der Waals surface area contributed by atoms with Gasteiger partial charge in [0.05, 0.1) is 18.4 Å². The van der Waals surface area contributed by atoms with Crippen LogP contribution in [0.4, 0.5) is 14.5 Å². The average Bonchev–Trinajstić information content (AvgIpc) is 2.48. The second-order valence-corrected chi connectivity index (χ2v) is 4.31. The average molecular weight is 300 g/mol. The van der Waals surface area contributed by atoms with Crippen molar-refractivity contribution in [2.75, 3.05) is 25.5 Å². The first kappa shape index (κ1) is 16.9. The molecule has 0 fully saturated rings. The molecule has 0 aliphatic heterocycles. The molecule has 116 valence electrons. The number of methoxy groups -OCH3 is 1. The molecule has 0 spiro atoms. The van der Waals surface area contributed by atoms with Crippen molar-refractivity contribution < 1.29 is 23.1 Å². The lowest BCUT2D eigenvalue weighted by molar-refractivity contribution is -0.120. The van der Waals surface area contributed by atoms with Crippen LogP contribution in [0.1, 0.15) is 30.1 Å². The summed E-state index contributed by atoms with van der Waals surface area (Å²) in [6, 6.07) is 2.36. The van der Waals surface area contributed by atoms with Crippen LogP contribution in [-0.2, 0) is 9.53 Å². The lowest BCUT2D eigenvalue weighted by Gasteiger charge is -2.10. The molecule has 1 aromatic carbocycles. The molecule has 0 bridgehead atoms. The number of benzene rings is 1. The fourth-order valence-electron chi connectivity index (χ4n) is 1.62. The summed E-state index contributed by atoms with van der Waals surface area (Å²) in [5.74, 6) is -3.57. The fraction of sp³-hybridized carbons (Fsp3) is 0.429. The Hall–Kier alpha value is -2.18. The Morgan fingerprint density at radius 1 is 1.19 bits per heavy atom. The van der Waals surface area contributed by atoms with Crippen LogP contribution in [0.15, 0.2) is 12.1 Å². The number of esters is 1. The first-order chi connectivity index (χ1) is 10.0. The highest BCUT2D eigenvalue weighted by molar-refractivity contribution is 5.90. The number of halogens is 2. The Morgan fingerprint density at radius 3 is 2.52 bits per heavy atom. The molecule has 0 saturated heterocycles. The normalized spacial score (nSPS) is 10.1. The second kappa shape index (κ2) is 8.18. The molecule has 5 nitrogen and oxygen atoms in total. The van der Waals surface area contributed by atoms with Gasteiger partial charge in [-0.05, 0) is 18.6 Å². The van der Waals surface area contributed by atoms with E-state index in [0.29, 0.717) is 6.54 Å². The monoisotopic (exact) mass is 300 g/mol. The van der Waals surface area contributed by atoms with Crippen LogP contribution < -0.4 is 10.6 Å². The highest BCUT2D eigenvalue weighted by Crippen LogP contribution is 2.21. The van der Waals surface area contributed by atoms with Crippen LogP contribution in [-0.4, -0.2) is 32.1 Å². The molecule has 0 unspecified atom stereocenters. The first-order valence-corrected chi connectivity index (χ1v) is 6.58. The van der Waals surface area contributed by atoms with Crippen LogP contribution in [0.25, 0.3) is 0 Å². The Balaban J connectivity index is 2.63. The Morgan fingerprint density at radius 2 is 1.90 bits per heavy atom. The van der Waals surface area contributed by atoms with Gasteiger partial charge >= 0.3 is 5.97 Å². The molecule has 0 saturated carbocycles. The third-order valence-electron chi connectivity index (χ3n) is 2.73. The zero-order valence-corrected chi connectivity index (χ0v) is 12.0. The fourth-order valence-corrected chi connectivity index (χ4v) is 1.62. The number of ether oxygens (including phenoxy) is 1. The summed E-state index contributed by atoms with van der Waals surface area (Å²) in [5, 5.41) is 5.29. The summed E-state index contributed by atoms with van der Waals surface area (Å²) < 4.78 is 31.7. The van der Waals surface area contributed by atoms with E-state index >= 15 is 0 Å². The molecule has 7 heteroatoms. The minimum atomic E-state index is -1.28. The number of hydrogen-bond acceptors (Lipinski definition) is 4. The van der Waals surface area contributed by atoms with Gasteiger partial charge in [0.1, 0.15) is 0 Å².